The van der Waals surface area contributed by atoms with E-state index in [-0.39, 0.29) is 5.56 Å². The van der Waals surface area contributed by atoms with Crippen molar-refractivity contribution < 1.29 is 17.6 Å². The van der Waals surface area contributed by atoms with Crippen molar-refractivity contribution in [3.63, 3.8) is 0 Å². The van der Waals surface area contributed by atoms with E-state index < -0.39 is 23.6 Å². The quantitative estimate of drug-likeness (QED) is 0.491. The zero-order chi connectivity index (χ0) is 15.9. The minimum Gasteiger partial charge on any atom is -0.324 e. The van der Waals surface area contributed by atoms with Crippen molar-refractivity contribution >= 4 is 0 Å². The Balaban J connectivity index is 2.61. The lowest BCUT2D eigenvalue weighted by atomic mass is 9.95. The average Bonchev–Trinajstić information content (AvgIpc) is 2.41. The molecule has 1 rings (SSSR count). The first-order valence-corrected chi connectivity index (χ1v) is 7.48. The molecule has 1 atom stereocenters. The summed E-state index contributed by atoms with van der Waals surface area (Å²) in [5.74, 6) is -0.684. The maximum absolute atomic E-state index is 13.2. The number of alkyl halides is 3. The third kappa shape index (κ3) is 6.04. The van der Waals surface area contributed by atoms with Crippen LogP contribution in [-0.2, 0) is 6.18 Å². The topological polar surface area (TPSA) is 26.0 Å². The molecule has 0 heterocycles. The van der Waals surface area contributed by atoms with E-state index in [0.717, 1.165) is 50.3 Å². The van der Waals surface area contributed by atoms with Crippen LogP contribution in [0.25, 0.3) is 0 Å². The summed E-state index contributed by atoms with van der Waals surface area (Å²) in [5.41, 5.74) is 4.86. The third-order valence-corrected chi connectivity index (χ3v) is 3.59. The molecule has 2 N–H and O–H groups in total. The Labute approximate surface area is 123 Å². The van der Waals surface area contributed by atoms with Crippen molar-refractivity contribution in [2.75, 3.05) is 0 Å². The Morgan fingerprint density at radius 1 is 1.05 bits per heavy atom. The van der Waals surface area contributed by atoms with Gasteiger partial charge in [0.1, 0.15) is 5.82 Å². The zero-order valence-electron chi connectivity index (χ0n) is 12.3. The Bertz CT molecular complexity index is 429. The van der Waals surface area contributed by atoms with Crippen molar-refractivity contribution in [2.45, 2.75) is 64.1 Å². The predicted molar refractivity (Wildman–Crippen MR) is 76.3 cm³/mol. The van der Waals surface area contributed by atoms with Crippen LogP contribution >= 0.6 is 0 Å². The second-order valence-electron chi connectivity index (χ2n) is 5.39. The first-order chi connectivity index (χ1) is 9.86. The summed E-state index contributed by atoms with van der Waals surface area (Å²) < 4.78 is 51.9. The van der Waals surface area contributed by atoms with Crippen molar-refractivity contribution in [2.24, 2.45) is 5.73 Å². The molecule has 1 nitrogen and oxygen atoms in total. The van der Waals surface area contributed by atoms with E-state index in [9.17, 15) is 17.6 Å². The fourth-order valence-electron chi connectivity index (χ4n) is 2.40. The van der Waals surface area contributed by atoms with E-state index in [4.69, 9.17) is 5.73 Å². The van der Waals surface area contributed by atoms with Crippen LogP contribution in [0.1, 0.15) is 69.0 Å². The molecule has 0 fully saturated rings. The second kappa shape index (κ2) is 8.37. The highest BCUT2D eigenvalue weighted by Crippen LogP contribution is 2.35. The maximum Gasteiger partial charge on any atom is 0.416 e. The second-order valence-corrected chi connectivity index (χ2v) is 5.39. The molecule has 0 radical (unpaired) electrons. The highest BCUT2D eigenvalue weighted by atomic mass is 19.4. The molecule has 0 aliphatic carbocycles. The average molecular weight is 305 g/mol. The van der Waals surface area contributed by atoms with Crippen LogP contribution in [0.2, 0.25) is 0 Å². The summed E-state index contributed by atoms with van der Waals surface area (Å²) in [6, 6.07) is 1.73. The lowest BCUT2D eigenvalue weighted by Gasteiger charge is -2.18. The third-order valence-electron chi connectivity index (χ3n) is 3.59. The summed E-state index contributed by atoms with van der Waals surface area (Å²) in [4.78, 5) is 0. The van der Waals surface area contributed by atoms with Crippen LogP contribution in [0.5, 0.6) is 0 Å². The number of rotatable bonds is 8. The molecule has 0 saturated carbocycles. The fourth-order valence-corrected chi connectivity index (χ4v) is 2.40. The number of hydrogen-bond donors (Lipinski definition) is 1. The molecule has 0 spiro atoms. The highest BCUT2D eigenvalue weighted by Gasteiger charge is 2.34. The van der Waals surface area contributed by atoms with Crippen LogP contribution < -0.4 is 5.73 Å². The number of benzene rings is 1. The Morgan fingerprint density at radius 3 is 2.29 bits per heavy atom. The van der Waals surface area contributed by atoms with Crippen LogP contribution in [0, 0.1) is 5.82 Å². The van der Waals surface area contributed by atoms with Crippen LogP contribution in [-0.4, -0.2) is 0 Å². The number of unbranched alkanes of at least 4 members (excludes halogenated alkanes) is 5. The van der Waals surface area contributed by atoms with E-state index in [1.807, 2.05) is 0 Å². The van der Waals surface area contributed by atoms with Gasteiger partial charge in [-0.25, -0.2) is 4.39 Å². The Kier molecular flexibility index (Phi) is 7.15. The summed E-state index contributed by atoms with van der Waals surface area (Å²) in [7, 11) is 0. The SMILES string of the molecule is CCCCCCCCC(N)c1cc(F)ccc1C(F)(F)F. The van der Waals surface area contributed by atoms with Crippen LogP contribution in [0.4, 0.5) is 17.6 Å². The Morgan fingerprint density at radius 2 is 1.67 bits per heavy atom. The summed E-state index contributed by atoms with van der Waals surface area (Å²) in [6.07, 6.45) is 2.19. The zero-order valence-corrected chi connectivity index (χ0v) is 12.3. The molecule has 21 heavy (non-hydrogen) atoms. The lowest BCUT2D eigenvalue weighted by molar-refractivity contribution is -0.138. The lowest BCUT2D eigenvalue weighted by Crippen LogP contribution is -2.18. The molecule has 5 heteroatoms. The first kappa shape index (κ1) is 18.0. The molecule has 120 valence electrons. The van der Waals surface area contributed by atoms with Gasteiger partial charge >= 0.3 is 6.18 Å². The van der Waals surface area contributed by atoms with Crippen molar-refractivity contribution in [1.29, 1.82) is 0 Å². The maximum atomic E-state index is 13.2. The standard InChI is InChI=1S/C16H23F4N/c1-2-3-4-5-6-7-8-15(21)13-11-12(17)9-10-14(13)16(18,19)20/h9-11,15H,2-8,21H2,1H3. The van der Waals surface area contributed by atoms with Gasteiger partial charge < -0.3 is 5.73 Å². The smallest absolute Gasteiger partial charge is 0.324 e. The fraction of sp³-hybridized carbons (Fsp3) is 0.625. The van der Waals surface area contributed by atoms with Gasteiger partial charge in [0.05, 0.1) is 5.56 Å². The molecule has 0 aromatic heterocycles. The van der Waals surface area contributed by atoms with E-state index >= 15 is 0 Å². The van der Waals surface area contributed by atoms with Gasteiger partial charge in [0.25, 0.3) is 0 Å². The van der Waals surface area contributed by atoms with Crippen molar-refractivity contribution in [3.05, 3.63) is 35.1 Å². The van der Waals surface area contributed by atoms with E-state index in [1.54, 1.807) is 0 Å². The van der Waals surface area contributed by atoms with Crippen LogP contribution in [0.3, 0.4) is 0 Å². The first-order valence-electron chi connectivity index (χ1n) is 7.48. The van der Waals surface area contributed by atoms with E-state index in [2.05, 4.69) is 6.92 Å². The molecule has 1 aromatic rings. The summed E-state index contributed by atoms with van der Waals surface area (Å²) >= 11 is 0. The van der Waals surface area contributed by atoms with Gasteiger partial charge in [0.15, 0.2) is 0 Å². The normalized spacial score (nSPS) is 13.4. The monoisotopic (exact) mass is 305 g/mol. The van der Waals surface area contributed by atoms with Gasteiger partial charge in [-0.2, -0.15) is 13.2 Å². The molecule has 0 bridgehead atoms. The number of hydrogen-bond acceptors (Lipinski definition) is 1. The molecule has 0 aliphatic heterocycles. The van der Waals surface area contributed by atoms with Crippen LogP contribution in [0.15, 0.2) is 18.2 Å². The van der Waals surface area contributed by atoms with Gasteiger partial charge in [0, 0.05) is 6.04 Å². The van der Waals surface area contributed by atoms with Gasteiger partial charge in [-0.05, 0) is 30.2 Å². The summed E-state index contributed by atoms with van der Waals surface area (Å²) in [6.45, 7) is 2.12. The number of nitrogens with two attached hydrogens (primary N) is 1. The molecular weight excluding hydrogens is 282 g/mol. The minimum absolute atomic E-state index is 0.143. The molecule has 1 aromatic carbocycles. The highest BCUT2D eigenvalue weighted by molar-refractivity contribution is 5.32. The van der Waals surface area contributed by atoms with E-state index in [1.165, 1.54) is 6.42 Å². The van der Waals surface area contributed by atoms with Gasteiger partial charge in [-0.3, -0.25) is 0 Å². The van der Waals surface area contributed by atoms with Crippen molar-refractivity contribution in [1.82, 2.24) is 0 Å². The molecule has 0 amide bonds. The summed E-state index contributed by atoms with van der Waals surface area (Å²) in [5, 5.41) is 0. The predicted octanol–water partition coefficient (Wildman–Crippen LogP) is 5.59. The molecule has 0 saturated heterocycles. The Hall–Kier alpha value is -1.10. The number of halogens is 4. The van der Waals surface area contributed by atoms with E-state index in [0.29, 0.717) is 6.42 Å². The minimum atomic E-state index is -4.50. The molecule has 1 unspecified atom stereocenters. The molecular formula is C16H23F4N. The van der Waals surface area contributed by atoms with Gasteiger partial charge in [0.2, 0.25) is 0 Å². The van der Waals surface area contributed by atoms with Gasteiger partial charge in [-0.1, -0.05) is 45.4 Å². The largest absolute Gasteiger partial charge is 0.416 e. The molecule has 0 aliphatic rings. The van der Waals surface area contributed by atoms with Crippen molar-refractivity contribution in [3.8, 4) is 0 Å². The van der Waals surface area contributed by atoms with Gasteiger partial charge in [-0.15, -0.1) is 0 Å².